The number of para-hydroxylation sites is 1. The van der Waals surface area contributed by atoms with Gasteiger partial charge in [0.2, 0.25) is 15.9 Å². The van der Waals surface area contributed by atoms with Gasteiger partial charge in [-0.25, -0.2) is 8.42 Å². The zero-order valence-electron chi connectivity index (χ0n) is 13.2. The highest BCUT2D eigenvalue weighted by Gasteiger charge is 2.36. The van der Waals surface area contributed by atoms with Crippen molar-refractivity contribution >= 4 is 21.6 Å². The van der Waals surface area contributed by atoms with Gasteiger partial charge in [0.05, 0.1) is 17.5 Å². The normalized spacial score (nSPS) is 15.6. The second-order valence-corrected chi connectivity index (χ2v) is 7.59. The van der Waals surface area contributed by atoms with Crippen molar-refractivity contribution in [3.8, 4) is 0 Å². The standard InChI is InChI=1S/C15H19F3N2O3S/c1-24(22,23)20(11-8-14(21)19-9-4-5-10-19)13-7-3-2-6-12(13)15(16,17)18/h2-3,6-7H,4-5,8-11H2,1H3. The Bertz CT molecular complexity index is 698. The van der Waals surface area contributed by atoms with Gasteiger partial charge in [0.1, 0.15) is 0 Å². The molecule has 2 rings (SSSR count). The van der Waals surface area contributed by atoms with Crippen molar-refractivity contribution in [2.45, 2.75) is 25.4 Å². The van der Waals surface area contributed by atoms with E-state index in [2.05, 4.69) is 0 Å². The Morgan fingerprint density at radius 2 is 1.79 bits per heavy atom. The molecule has 9 heteroatoms. The highest BCUT2D eigenvalue weighted by molar-refractivity contribution is 7.92. The molecule has 0 aromatic heterocycles. The lowest BCUT2D eigenvalue weighted by molar-refractivity contribution is -0.137. The summed E-state index contributed by atoms with van der Waals surface area (Å²) in [4.78, 5) is 13.7. The average Bonchev–Trinajstić information content (AvgIpc) is 2.99. The fraction of sp³-hybridized carbons (Fsp3) is 0.533. The van der Waals surface area contributed by atoms with Gasteiger partial charge in [-0.3, -0.25) is 9.10 Å². The molecule has 1 fully saturated rings. The number of nitrogens with zero attached hydrogens (tertiary/aromatic N) is 2. The second kappa shape index (κ2) is 7.00. The van der Waals surface area contributed by atoms with Crippen LogP contribution in [-0.4, -0.2) is 45.1 Å². The molecule has 1 aromatic rings. The van der Waals surface area contributed by atoms with E-state index in [1.807, 2.05) is 0 Å². The van der Waals surface area contributed by atoms with Crippen molar-refractivity contribution in [2.75, 3.05) is 30.2 Å². The first kappa shape index (κ1) is 18.6. The number of sulfonamides is 1. The summed E-state index contributed by atoms with van der Waals surface area (Å²) in [5, 5.41) is 0. The Hall–Kier alpha value is -1.77. The monoisotopic (exact) mass is 364 g/mol. The predicted molar refractivity (Wildman–Crippen MR) is 84.1 cm³/mol. The third kappa shape index (κ3) is 4.40. The number of hydrogen-bond acceptors (Lipinski definition) is 3. The van der Waals surface area contributed by atoms with Gasteiger partial charge in [-0.05, 0) is 25.0 Å². The first-order valence-electron chi connectivity index (χ1n) is 7.52. The SMILES string of the molecule is CS(=O)(=O)N(CCC(=O)N1CCCC1)c1ccccc1C(F)(F)F. The van der Waals surface area contributed by atoms with Crippen molar-refractivity contribution < 1.29 is 26.4 Å². The number of halogens is 3. The molecule has 1 saturated heterocycles. The van der Waals surface area contributed by atoms with Crippen LogP contribution >= 0.6 is 0 Å². The van der Waals surface area contributed by atoms with E-state index in [0.717, 1.165) is 31.2 Å². The highest BCUT2D eigenvalue weighted by Crippen LogP contribution is 2.37. The van der Waals surface area contributed by atoms with E-state index in [9.17, 15) is 26.4 Å². The van der Waals surface area contributed by atoms with Gasteiger partial charge in [0, 0.05) is 26.1 Å². The highest BCUT2D eigenvalue weighted by atomic mass is 32.2. The summed E-state index contributed by atoms with van der Waals surface area (Å²) < 4.78 is 64.0. The van der Waals surface area contributed by atoms with Crippen molar-refractivity contribution in [2.24, 2.45) is 0 Å². The molecule has 1 aromatic carbocycles. The predicted octanol–water partition coefficient (Wildman–Crippen LogP) is 2.48. The molecule has 0 N–H and O–H groups in total. The van der Waals surface area contributed by atoms with E-state index in [0.29, 0.717) is 17.4 Å². The number of rotatable bonds is 5. The molecule has 1 amide bonds. The summed E-state index contributed by atoms with van der Waals surface area (Å²) in [5.41, 5.74) is -1.49. The lowest BCUT2D eigenvalue weighted by atomic mass is 10.1. The fourth-order valence-electron chi connectivity index (χ4n) is 2.72. The second-order valence-electron chi connectivity index (χ2n) is 5.69. The van der Waals surface area contributed by atoms with E-state index in [1.54, 1.807) is 4.90 Å². The number of benzene rings is 1. The van der Waals surface area contributed by atoms with E-state index in [-0.39, 0.29) is 18.9 Å². The van der Waals surface area contributed by atoms with Crippen LogP contribution in [0.1, 0.15) is 24.8 Å². The van der Waals surface area contributed by atoms with Crippen LogP contribution in [0.4, 0.5) is 18.9 Å². The van der Waals surface area contributed by atoms with Crippen molar-refractivity contribution in [3.63, 3.8) is 0 Å². The number of alkyl halides is 3. The molecule has 0 atom stereocenters. The zero-order chi connectivity index (χ0) is 18.0. The number of carbonyl (C=O) groups excluding carboxylic acids is 1. The Morgan fingerprint density at radius 1 is 1.21 bits per heavy atom. The Balaban J connectivity index is 2.26. The Morgan fingerprint density at radius 3 is 2.33 bits per heavy atom. The molecule has 134 valence electrons. The van der Waals surface area contributed by atoms with Crippen molar-refractivity contribution in [3.05, 3.63) is 29.8 Å². The van der Waals surface area contributed by atoms with Crippen LogP contribution in [0.3, 0.4) is 0 Å². The Labute approximate surface area is 139 Å². The molecule has 5 nitrogen and oxygen atoms in total. The van der Waals surface area contributed by atoms with Crippen molar-refractivity contribution in [1.82, 2.24) is 4.90 Å². The van der Waals surface area contributed by atoms with Crippen molar-refractivity contribution in [1.29, 1.82) is 0 Å². The Kier molecular flexibility index (Phi) is 5.42. The first-order valence-corrected chi connectivity index (χ1v) is 9.37. The summed E-state index contributed by atoms with van der Waals surface area (Å²) in [6.45, 7) is 0.898. The lowest BCUT2D eigenvalue weighted by Gasteiger charge is -2.26. The topological polar surface area (TPSA) is 57.7 Å². The zero-order valence-corrected chi connectivity index (χ0v) is 14.0. The molecule has 0 bridgehead atoms. The minimum absolute atomic E-state index is 0.154. The third-order valence-electron chi connectivity index (χ3n) is 3.87. The van der Waals surface area contributed by atoms with Gasteiger partial charge in [0.15, 0.2) is 0 Å². The average molecular weight is 364 g/mol. The molecule has 0 unspecified atom stereocenters. The summed E-state index contributed by atoms with van der Waals surface area (Å²) in [7, 11) is -3.96. The molecular formula is C15H19F3N2O3S. The maximum absolute atomic E-state index is 13.1. The molecule has 0 spiro atoms. The molecule has 24 heavy (non-hydrogen) atoms. The van der Waals surface area contributed by atoms with Gasteiger partial charge in [-0.1, -0.05) is 12.1 Å². The maximum Gasteiger partial charge on any atom is 0.418 e. The summed E-state index contributed by atoms with van der Waals surface area (Å²) in [6, 6.07) is 4.47. The molecule has 1 heterocycles. The van der Waals surface area contributed by atoms with Gasteiger partial charge in [0.25, 0.3) is 0 Å². The fourth-order valence-corrected chi connectivity index (χ4v) is 3.66. The lowest BCUT2D eigenvalue weighted by Crippen LogP contribution is -2.36. The number of amides is 1. The summed E-state index contributed by atoms with van der Waals surface area (Å²) in [6.07, 6.45) is -2.23. The van der Waals surface area contributed by atoms with Crippen LogP contribution < -0.4 is 4.31 Å². The number of anilines is 1. The molecule has 1 aliphatic rings. The quantitative estimate of drug-likeness (QED) is 0.807. The summed E-state index contributed by atoms with van der Waals surface area (Å²) >= 11 is 0. The van der Waals surface area contributed by atoms with E-state index < -0.39 is 27.5 Å². The number of likely N-dealkylation sites (tertiary alicyclic amines) is 1. The smallest absolute Gasteiger partial charge is 0.343 e. The minimum Gasteiger partial charge on any atom is -0.343 e. The van der Waals surface area contributed by atoms with Crippen LogP contribution in [0.15, 0.2) is 24.3 Å². The van der Waals surface area contributed by atoms with E-state index in [1.165, 1.54) is 12.1 Å². The largest absolute Gasteiger partial charge is 0.418 e. The molecule has 0 radical (unpaired) electrons. The van der Waals surface area contributed by atoms with Gasteiger partial charge >= 0.3 is 6.18 Å². The van der Waals surface area contributed by atoms with Gasteiger partial charge < -0.3 is 4.90 Å². The van der Waals surface area contributed by atoms with E-state index in [4.69, 9.17) is 0 Å². The molecular weight excluding hydrogens is 345 g/mol. The molecule has 0 aliphatic carbocycles. The van der Waals surface area contributed by atoms with Gasteiger partial charge in [-0.15, -0.1) is 0 Å². The number of hydrogen-bond donors (Lipinski definition) is 0. The minimum atomic E-state index is -4.68. The van der Waals surface area contributed by atoms with Gasteiger partial charge in [-0.2, -0.15) is 13.2 Å². The summed E-state index contributed by atoms with van der Waals surface area (Å²) in [5.74, 6) is -0.245. The molecule has 1 aliphatic heterocycles. The van der Waals surface area contributed by atoms with Crippen LogP contribution in [0.2, 0.25) is 0 Å². The van der Waals surface area contributed by atoms with Crippen LogP contribution in [-0.2, 0) is 21.0 Å². The first-order chi connectivity index (χ1) is 11.1. The number of carbonyl (C=O) groups is 1. The van der Waals surface area contributed by atoms with Crippen LogP contribution in [0.25, 0.3) is 0 Å². The molecule has 0 saturated carbocycles. The maximum atomic E-state index is 13.1. The van der Waals surface area contributed by atoms with Crippen LogP contribution in [0, 0.1) is 0 Å². The third-order valence-corrected chi connectivity index (χ3v) is 5.05. The van der Waals surface area contributed by atoms with Crippen LogP contribution in [0.5, 0.6) is 0 Å². The van der Waals surface area contributed by atoms with E-state index >= 15 is 0 Å².